The average molecular weight is 401 g/mol. The summed E-state index contributed by atoms with van der Waals surface area (Å²) >= 11 is 5.90. The lowest BCUT2D eigenvalue weighted by Crippen LogP contribution is -2.38. The van der Waals surface area contributed by atoms with E-state index < -0.39 is 11.2 Å². The summed E-state index contributed by atoms with van der Waals surface area (Å²) in [5.41, 5.74) is 0.262. The van der Waals surface area contributed by atoms with Crippen LogP contribution in [0.15, 0.2) is 40.1 Å². The molecule has 0 aliphatic carbocycles. The number of nitrogens with one attached hydrogen (secondary N) is 1. The van der Waals surface area contributed by atoms with Crippen molar-refractivity contribution in [1.29, 1.82) is 0 Å². The number of benzene rings is 1. The van der Waals surface area contributed by atoms with Crippen LogP contribution in [0.1, 0.15) is 30.1 Å². The largest absolute Gasteiger partial charge is 0.344 e. The van der Waals surface area contributed by atoms with Gasteiger partial charge in [0.2, 0.25) is 0 Å². The summed E-state index contributed by atoms with van der Waals surface area (Å²) < 4.78 is 2.65. The number of rotatable bonds is 2. The van der Waals surface area contributed by atoms with Gasteiger partial charge in [-0.1, -0.05) is 18.5 Å². The number of hydrogen-bond donors (Lipinski definition) is 1. The van der Waals surface area contributed by atoms with Crippen LogP contribution in [-0.2, 0) is 7.05 Å². The number of halogens is 1. The molecule has 1 aromatic carbocycles. The molecule has 1 fully saturated rings. The van der Waals surface area contributed by atoms with Crippen molar-refractivity contribution in [1.82, 2.24) is 19.0 Å². The van der Waals surface area contributed by atoms with Crippen LogP contribution in [0.2, 0.25) is 5.02 Å². The molecule has 0 atom stereocenters. The number of hydrogen-bond acceptors (Lipinski definition) is 3. The summed E-state index contributed by atoms with van der Waals surface area (Å²) in [6.45, 7) is 3.54. The highest BCUT2D eigenvalue weighted by Crippen LogP contribution is 2.22. The summed E-state index contributed by atoms with van der Waals surface area (Å²) in [6, 6.07) is 6.44. The quantitative estimate of drug-likeness (QED) is 0.717. The minimum Gasteiger partial charge on any atom is -0.344 e. The number of likely N-dealkylation sites (tertiary alicyclic amines) is 1. The number of carbonyl (C=O) groups is 1. The fraction of sp³-hybridized carbons (Fsp3) is 0.350. The molecule has 1 aliphatic rings. The maximum atomic E-state index is 13.1. The second kappa shape index (κ2) is 6.98. The number of aromatic amines is 1. The van der Waals surface area contributed by atoms with Crippen molar-refractivity contribution in [2.45, 2.75) is 19.8 Å². The first-order valence-corrected chi connectivity index (χ1v) is 9.64. The fourth-order valence-corrected chi connectivity index (χ4v) is 3.87. The van der Waals surface area contributed by atoms with E-state index in [-0.39, 0.29) is 16.9 Å². The number of H-pyrrole nitrogens is 1. The van der Waals surface area contributed by atoms with Gasteiger partial charge in [0.05, 0.1) is 16.8 Å². The molecule has 0 bridgehead atoms. The van der Waals surface area contributed by atoms with Crippen LogP contribution in [0.4, 0.5) is 0 Å². The van der Waals surface area contributed by atoms with Gasteiger partial charge in [0.15, 0.2) is 0 Å². The molecule has 0 unspecified atom stereocenters. The van der Waals surface area contributed by atoms with Gasteiger partial charge in [0.25, 0.3) is 11.5 Å². The van der Waals surface area contributed by atoms with E-state index in [1.54, 1.807) is 47.0 Å². The van der Waals surface area contributed by atoms with Gasteiger partial charge in [-0.15, -0.1) is 0 Å². The van der Waals surface area contributed by atoms with E-state index in [0.29, 0.717) is 35.3 Å². The van der Waals surface area contributed by atoms with Gasteiger partial charge < -0.3 is 14.5 Å². The van der Waals surface area contributed by atoms with Gasteiger partial charge in [0, 0.05) is 31.4 Å². The lowest BCUT2D eigenvalue weighted by Gasteiger charge is -2.30. The summed E-state index contributed by atoms with van der Waals surface area (Å²) in [7, 11) is 1.70. The van der Waals surface area contributed by atoms with E-state index in [0.717, 1.165) is 17.4 Å². The molecular weight excluding hydrogens is 380 g/mol. The molecule has 3 heterocycles. The van der Waals surface area contributed by atoms with Crippen molar-refractivity contribution >= 4 is 28.5 Å². The van der Waals surface area contributed by atoms with E-state index in [1.807, 2.05) is 0 Å². The third-order valence-corrected chi connectivity index (χ3v) is 5.66. The number of aryl methyl sites for hydroxylation is 1. The zero-order chi connectivity index (χ0) is 20.0. The first-order chi connectivity index (χ1) is 13.4. The molecular formula is C20H21ClN4O3. The lowest BCUT2D eigenvalue weighted by atomic mass is 9.99. The van der Waals surface area contributed by atoms with E-state index in [9.17, 15) is 14.4 Å². The van der Waals surface area contributed by atoms with Gasteiger partial charge in [-0.05, 0) is 43.0 Å². The fourth-order valence-electron chi connectivity index (χ4n) is 3.74. The van der Waals surface area contributed by atoms with Crippen molar-refractivity contribution in [2.75, 3.05) is 13.1 Å². The monoisotopic (exact) mass is 400 g/mol. The van der Waals surface area contributed by atoms with Gasteiger partial charge in [-0.2, -0.15) is 0 Å². The third-order valence-electron chi connectivity index (χ3n) is 5.41. The van der Waals surface area contributed by atoms with E-state index >= 15 is 0 Å². The highest BCUT2D eigenvalue weighted by Gasteiger charge is 2.26. The Labute approximate surface area is 166 Å². The molecule has 4 rings (SSSR count). The highest BCUT2D eigenvalue weighted by atomic mass is 35.5. The van der Waals surface area contributed by atoms with Crippen molar-refractivity contribution < 1.29 is 4.79 Å². The van der Waals surface area contributed by atoms with Crippen LogP contribution >= 0.6 is 11.6 Å². The zero-order valence-corrected chi connectivity index (χ0v) is 16.5. The highest BCUT2D eigenvalue weighted by molar-refractivity contribution is 6.30. The van der Waals surface area contributed by atoms with Gasteiger partial charge >= 0.3 is 5.69 Å². The molecule has 1 N–H and O–H groups in total. The topological polar surface area (TPSA) is 80.1 Å². The number of piperidine rings is 1. The molecule has 0 saturated carbocycles. The molecule has 2 aromatic heterocycles. The molecule has 28 heavy (non-hydrogen) atoms. The first kappa shape index (κ1) is 18.6. The normalized spacial score (nSPS) is 15.3. The molecule has 3 aromatic rings. The Bertz CT molecular complexity index is 1170. The second-order valence-corrected chi connectivity index (χ2v) is 7.84. The Morgan fingerprint density at radius 1 is 1.14 bits per heavy atom. The Balaban J connectivity index is 1.84. The van der Waals surface area contributed by atoms with Crippen LogP contribution in [0.3, 0.4) is 0 Å². The Hall–Kier alpha value is -2.80. The molecule has 1 amide bonds. The number of fused-ring (bicyclic) bond motifs is 1. The van der Waals surface area contributed by atoms with Gasteiger partial charge in [0.1, 0.15) is 5.52 Å². The summed E-state index contributed by atoms with van der Waals surface area (Å²) in [6.07, 6.45) is 3.53. The smallest absolute Gasteiger partial charge is 0.333 e. The van der Waals surface area contributed by atoms with E-state index in [2.05, 4.69) is 11.9 Å². The molecule has 1 aliphatic heterocycles. The summed E-state index contributed by atoms with van der Waals surface area (Å²) in [4.78, 5) is 43.3. The Morgan fingerprint density at radius 2 is 1.79 bits per heavy atom. The Morgan fingerprint density at radius 3 is 2.43 bits per heavy atom. The van der Waals surface area contributed by atoms with Crippen molar-refractivity contribution in [2.24, 2.45) is 13.0 Å². The van der Waals surface area contributed by atoms with Crippen LogP contribution in [0.5, 0.6) is 0 Å². The SMILES string of the molecule is CC1CCN(C(=O)c2cn(C)c3c(=O)n(-c4ccc(Cl)cc4)c(=O)[nH]c23)CC1. The second-order valence-electron chi connectivity index (χ2n) is 7.40. The predicted molar refractivity (Wildman–Crippen MR) is 108 cm³/mol. The summed E-state index contributed by atoms with van der Waals surface area (Å²) in [5, 5.41) is 0.511. The number of carbonyl (C=O) groups excluding carboxylic acids is 1. The van der Waals surface area contributed by atoms with Crippen LogP contribution in [0, 0.1) is 5.92 Å². The third kappa shape index (κ3) is 3.05. The molecule has 146 valence electrons. The number of nitrogens with zero attached hydrogens (tertiary/aromatic N) is 3. The molecule has 1 saturated heterocycles. The van der Waals surface area contributed by atoms with Crippen LogP contribution in [0.25, 0.3) is 16.7 Å². The van der Waals surface area contributed by atoms with E-state index in [1.165, 1.54) is 0 Å². The van der Waals surface area contributed by atoms with Crippen LogP contribution in [-0.4, -0.2) is 38.0 Å². The minimum atomic E-state index is -0.590. The number of amides is 1. The predicted octanol–water partition coefficient (Wildman–Crippen LogP) is 2.54. The lowest BCUT2D eigenvalue weighted by molar-refractivity contribution is 0.0699. The van der Waals surface area contributed by atoms with Crippen molar-refractivity contribution in [3.8, 4) is 5.69 Å². The Kier molecular flexibility index (Phi) is 4.63. The molecule has 7 nitrogen and oxygen atoms in total. The standard InChI is InChI=1S/C20H21ClN4O3/c1-12-7-9-24(10-8-12)18(26)15-11-23(2)17-16(15)22-20(28)25(19(17)27)14-5-3-13(21)4-6-14/h3-6,11-12H,7-10H2,1-2H3,(H,22,28). The van der Waals surface area contributed by atoms with Crippen molar-refractivity contribution in [3.63, 3.8) is 0 Å². The number of aromatic nitrogens is 3. The zero-order valence-electron chi connectivity index (χ0n) is 15.7. The molecule has 0 radical (unpaired) electrons. The first-order valence-electron chi connectivity index (χ1n) is 9.26. The maximum Gasteiger partial charge on any atom is 0.333 e. The molecule has 8 heteroatoms. The van der Waals surface area contributed by atoms with E-state index in [4.69, 9.17) is 11.6 Å². The van der Waals surface area contributed by atoms with Gasteiger partial charge in [-0.3, -0.25) is 9.59 Å². The maximum absolute atomic E-state index is 13.1. The van der Waals surface area contributed by atoms with Gasteiger partial charge in [-0.25, -0.2) is 9.36 Å². The van der Waals surface area contributed by atoms with Crippen molar-refractivity contribution in [3.05, 3.63) is 61.9 Å². The average Bonchev–Trinajstić information content (AvgIpc) is 2.99. The molecule has 0 spiro atoms. The minimum absolute atomic E-state index is 0.156. The summed E-state index contributed by atoms with van der Waals surface area (Å²) in [5.74, 6) is 0.444. The van der Waals surface area contributed by atoms with Crippen LogP contribution < -0.4 is 11.2 Å².